The lowest BCUT2D eigenvalue weighted by atomic mass is 9.95. The van der Waals surface area contributed by atoms with Crippen molar-refractivity contribution < 1.29 is 0 Å². The molecule has 10 heavy (non-hydrogen) atoms. The third-order valence-electron chi connectivity index (χ3n) is 3.61. The molecule has 0 nitrogen and oxygen atoms in total. The van der Waals surface area contributed by atoms with Crippen LogP contribution in [0.4, 0.5) is 0 Å². The quantitative estimate of drug-likeness (QED) is 0.549. The molecule has 0 spiro atoms. The van der Waals surface area contributed by atoms with E-state index in [0.29, 0.717) is 0 Å². The molecule has 3 unspecified atom stereocenters. The lowest BCUT2D eigenvalue weighted by molar-refractivity contribution is 0.410. The molecule has 0 aromatic heterocycles. The van der Waals surface area contributed by atoms with Crippen LogP contribution in [0.2, 0.25) is 0 Å². The van der Waals surface area contributed by atoms with Crippen LogP contribution in [0.3, 0.4) is 0 Å². The van der Waals surface area contributed by atoms with E-state index < -0.39 is 0 Å². The van der Waals surface area contributed by atoms with Crippen molar-refractivity contribution in [3.05, 3.63) is 0 Å². The van der Waals surface area contributed by atoms with Gasteiger partial charge in [-0.2, -0.15) is 0 Å². The average Bonchev–Trinajstić information content (AvgIpc) is 2.34. The van der Waals surface area contributed by atoms with E-state index in [0.717, 1.165) is 17.3 Å². The largest absolute Gasteiger partial charge is 0.0654 e. The van der Waals surface area contributed by atoms with Gasteiger partial charge in [0.2, 0.25) is 0 Å². The maximum atomic E-state index is 2.48. The summed E-state index contributed by atoms with van der Waals surface area (Å²) in [5.41, 5.74) is 0.833. The van der Waals surface area contributed by atoms with E-state index in [1.165, 1.54) is 12.8 Å². The van der Waals surface area contributed by atoms with Crippen LogP contribution >= 0.6 is 0 Å². The molecule has 58 valence electrons. The first-order chi connectivity index (χ1) is 4.74. The Balaban J connectivity index is 1.86. The number of hydrogen-bond donors (Lipinski definition) is 0. The fourth-order valence-corrected chi connectivity index (χ4v) is 2.90. The molecule has 0 N–H and O–H groups in total. The number of rotatable bonds is 2. The summed E-state index contributed by atoms with van der Waals surface area (Å²) in [6.45, 7) is 4.79. The summed E-state index contributed by atoms with van der Waals surface area (Å²) in [5.74, 6) is 2.25. The maximum absolute atomic E-state index is 2.48. The van der Waals surface area contributed by atoms with Crippen molar-refractivity contribution in [2.45, 2.75) is 46.0 Å². The van der Waals surface area contributed by atoms with Gasteiger partial charge in [0.1, 0.15) is 0 Å². The molecule has 0 aromatic rings. The van der Waals surface area contributed by atoms with Crippen LogP contribution in [-0.4, -0.2) is 0 Å². The molecule has 0 amide bonds. The second-order valence-corrected chi connectivity index (χ2v) is 4.65. The maximum Gasteiger partial charge on any atom is -0.0292 e. The van der Waals surface area contributed by atoms with Gasteiger partial charge in [0, 0.05) is 0 Å². The van der Waals surface area contributed by atoms with Crippen molar-refractivity contribution in [2.75, 3.05) is 0 Å². The summed E-state index contributed by atoms with van der Waals surface area (Å²) >= 11 is 0. The topological polar surface area (TPSA) is 0 Å². The Labute approximate surface area is 64.0 Å². The molecule has 0 heterocycles. The van der Waals surface area contributed by atoms with E-state index >= 15 is 0 Å². The lowest BCUT2D eigenvalue weighted by Gasteiger charge is -2.11. The third-order valence-corrected chi connectivity index (χ3v) is 3.61. The zero-order valence-corrected chi connectivity index (χ0v) is 7.19. The minimum Gasteiger partial charge on any atom is -0.0654 e. The fourth-order valence-electron chi connectivity index (χ4n) is 2.90. The molecule has 3 atom stereocenters. The van der Waals surface area contributed by atoms with Gasteiger partial charge in [-0.05, 0) is 36.5 Å². The Bertz CT molecular complexity index is 139. The van der Waals surface area contributed by atoms with Gasteiger partial charge in [0.25, 0.3) is 0 Å². The Kier molecular flexibility index (Phi) is 1.33. The fraction of sp³-hybridized carbons (Fsp3) is 1.00. The van der Waals surface area contributed by atoms with Crippen LogP contribution in [0.5, 0.6) is 0 Å². The van der Waals surface area contributed by atoms with Gasteiger partial charge in [-0.15, -0.1) is 0 Å². The van der Waals surface area contributed by atoms with E-state index in [1.807, 2.05) is 0 Å². The van der Waals surface area contributed by atoms with Gasteiger partial charge >= 0.3 is 0 Å². The minimum atomic E-state index is 0.833. The molecule has 0 aromatic carbocycles. The molecular weight excluding hydrogens is 120 g/mol. The van der Waals surface area contributed by atoms with Crippen LogP contribution in [0.15, 0.2) is 0 Å². The van der Waals surface area contributed by atoms with E-state index in [-0.39, 0.29) is 0 Å². The van der Waals surface area contributed by atoms with Gasteiger partial charge in [-0.3, -0.25) is 0 Å². The number of fused-ring (bicyclic) bond motifs is 1. The first-order valence-electron chi connectivity index (χ1n) is 4.74. The molecule has 2 aliphatic rings. The van der Waals surface area contributed by atoms with Gasteiger partial charge in [0.05, 0.1) is 0 Å². The highest BCUT2D eigenvalue weighted by Crippen LogP contribution is 2.65. The van der Waals surface area contributed by atoms with Crippen molar-refractivity contribution in [1.29, 1.82) is 0 Å². The van der Waals surface area contributed by atoms with Crippen molar-refractivity contribution in [3.63, 3.8) is 0 Å². The van der Waals surface area contributed by atoms with Gasteiger partial charge in [-0.25, -0.2) is 0 Å². The lowest BCUT2D eigenvalue weighted by Crippen LogP contribution is -1.98. The van der Waals surface area contributed by atoms with Crippen LogP contribution in [0.25, 0.3) is 0 Å². The SMILES string of the molecule is CCCC1CC2CC2(C)C1. The smallest absolute Gasteiger partial charge is 0.0292 e. The van der Waals surface area contributed by atoms with Crippen LogP contribution in [0.1, 0.15) is 46.0 Å². The third kappa shape index (κ3) is 0.889. The zero-order valence-electron chi connectivity index (χ0n) is 7.19. The van der Waals surface area contributed by atoms with Crippen LogP contribution in [0, 0.1) is 17.3 Å². The molecule has 0 radical (unpaired) electrons. The first-order valence-corrected chi connectivity index (χ1v) is 4.74. The molecular formula is C10H18. The Morgan fingerprint density at radius 3 is 2.70 bits per heavy atom. The molecule has 0 bridgehead atoms. The van der Waals surface area contributed by atoms with E-state index in [2.05, 4.69) is 13.8 Å². The van der Waals surface area contributed by atoms with Crippen LogP contribution in [-0.2, 0) is 0 Å². The molecule has 2 aliphatic carbocycles. The Morgan fingerprint density at radius 2 is 2.20 bits per heavy atom. The monoisotopic (exact) mass is 138 g/mol. The minimum absolute atomic E-state index is 0.833. The summed E-state index contributed by atoms with van der Waals surface area (Å²) < 4.78 is 0. The van der Waals surface area contributed by atoms with Crippen molar-refractivity contribution >= 4 is 0 Å². The van der Waals surface area contributed by atoms with E-state index in [4.69, 9.17) is 0 Å². The van der Waals surface area contributed by atoms with E-state index in [1.54, 1.807) is 19.3 Å². The first kappa shape index (κ1) is 6.69. The molecule has 0 aliphatic heterocycles. The molecule has 0 heteroatoms. The summed E-state index contributed by atoms with van der Waals surface area (Å²) in [6, 6.07) is 0. The van der Waals surface area contributed by atoms with E-state index in [9.17, 15) is 0 Å². The molecule has 0 saturated heterocycles. The normalized spacial score (nSPS) is 51.0. The molecule has 2 fully saturated rings. The summed E-state index contributed by atoms with van der Waals surface area (Å²) in [6.07, 6.45) is 7.54. The zero-order chi connectivity index (χ0) is 7.19. The van der Waals surface area contributed by atoms with Crippen molar-refractivity contribution in [3.8, 4) is 0 Å². The summed E-state index contributed by atoms with van der Waals surface area (Å²) in [5, 5.41) is 0. The average molecular weight is 138 g/mol. The highest BCUT2D eigenvalue weighted by atomic mass is 14.6. The van der Waals surface area contributed by atoms with Gasteiger partial charge in [0.15, 0.2) is 0 Å². The second kappa shape index (κ2) is 1.99. The summed E-state index contributed by atoms with van der Waals surface area (Å²) in [7, 11) is 0. The number of hydrogen-bond acceptors (Lipinski definition) is 0. The molecule has 2 rings (SSSR count). The molecule has 2 saturated carbocycles. The van der Waals surface area contributed by atoms with Crippen molar-refractivity contribution in [1.82, 2.24) is 0 Å². The van der Waals surface area contributed by atoms with Crippen molar-refractivity contribution in [2.24, 2.45) is 17.3 Å². The highest BCUT2D eigenvalue weighted by molar-refractivity contribution is 5.05. The van der Waals surface area contributed by atoms with Gasteiger partial charge in [-0.1, -0.05) is 26.7 Å². The highest BCUT2D eigenvalue weighted by Gasteiger charge is 2.55. The summed E-state index contributed by atoms with van der Waals surface area (Å²) in [4.78, 5) is 0. The Morgan fingerprint density at radius 1 is 1.40 bits per heavy atom. The second-order valence-electron chi connectivity index (χ2n) is 4.65. The predicted molar refractivity (Wildman–Crippen MR) is 43.8 cm³/mol. The van der Waals surface area contributed by atoms with Gasteiger partial charge < -0.3 is 0 Å². The van der Waals surface area contributed by atoms with Crippen LogP contribution < -0.4 is 0 Å². The standard InChI is InChI=1S/C10H18/c1-3-4-8-5-9-7-10(9,2)6-8/h8-9H,3-7H2,1-2H3. The predicted octanol–water partition coefficient (Wildman–Crippen LogP) is 3.22. The Hall–Kier alpha value is 0.